The summed E-state index contributed by atoms with van der Waals surface area (Å²) in [6.45, 7) is 1.98. The highest BCUT2D eigenvalue weighted by atomic mass is 16.2. The number of rotatable bonds is 6. The van der Waals surface area contributed by atoms with Crippen molar-refractivity contribution in [1.29, 1.82) is 0 Å². The van der Waals surface area contributed by atoms with Crippen molar-refractivity contribution in [3.8, 4) is 0 Å². The van der Waals surface area contributed by atoms with E-state index in [-0.39, 0.29) is 12.3 Å². The van der Waals surface area contributed by atoms with Gasteiger partial charge >= 0.3 is 0 Å². The molecule has 0 spiro atoms. The Morgan fingerprint density at radius 1 is 0.962 bits per heavy atom. The van der Waals surface area contributed by atoms with Gasteiger partial charge in [0.15, 0.2) is 0 Å². The molecule has 0 saturated carbocycles. The van der Waals surface area contributed by atoms with E-state index < -0.39 is 11.9 Å². The highest BCUT2D eigenvalue weighted by molar-refractivity contribution is 5.89. The molecule has 132 valence electrons. The highest BCUT2D eigenvalue weighted by Gasteiger charge is 2.19. The number of nitrogens with two attached hydrogens (primary N) is 1. The van der Waals surface area contributed by atoms with Crippen LogP contribution in [0.4, 0.5) is 0 Å². The average Bonchev–Trinajstić information content (AvgIpc) is 2.62. The van der Waals surface area contributed by atoms with Gasteiger partial charge < -0.3 is 11.1 Å². The summed E-state index contributed by atoms with van der Waals surface area (Å²) in [4.78, 5) is 24.2. The predicted octanol–water partition coefficient (Wildman–Crippen LogP) is 2.90. The van der Waals surface area contributed by atoms with E-state index in [1.807, 2.05) is 73.7 Å². The first-order valence-corrected chi connectivity index (χ1v) is 8.64. The van der Waals surface area contributed by atoms with Gasteiger partial charge in [-0.15, -0.1) is 0 Å². The second-order valence-electron chi connectivity index (χ2n) is 6.51. The molecule has 0 bridgehead atoms. The summed E-state index contributed by atoms with van der Waals surface area (Å²) < 4.78 is 0. The number of benzene rings is 3. The van der Waals surface area contributed by atoms with E-state index in [1.54, 1.807) is 0 Å². The summed E-state index contributed by atoms with van der Waals surface area (Å²) in [5.74, 6) is -0.738. The maximum Gasteiger partial charge on any atom is 0.240 e. The first-order valence-electron chi connectivity index (χ1n) is 8.64. The molecule has 0 aliphatic carbocycles. The van der Waals surface area contributed by atoms with Crippen LogP contribution in [0.3, 0.4) is 0 Å². The van der Waals surface area contributed by atoms with Gasteiger partial charge in [0.1, 0.15) is 6.04 Å². The van der Waals surface area contributed by atoms with Crippen molar-refractivity contribution in [3.63, 3.8) is 0 Å². The van der Waals surface area contributed by atoms with Gasteiger partial charge in [-0.2, -0.15) is 0 Å². The Bertz CT molecular complexity index is 950. The quantitative estimate of drug-likeness (QED) is 0.720. The molecular weight excluding hydrogens is 324 g/mol. The third-order valence-corrected chi connectivity index (χ3v) is 4.54. The van der Waals surface area contributed by atoms with Crippen molar-refractivity contribution >= 4 is 22.6 Å². The maximum absolute atomic E-state index is 12.4. The lowest BCUT2D eigenvalue weighted by Crippen LogP contribution is -2.46. The molecule has 3 aromatic carbocycles. The molecule has 3 aromatic rings. The fourth-order valence-corrected chi connectivity index (χ4v) is 3.06. The van der Waals surface area contributed by atoms with Crippen LogP contribution >= 0.6 is 0 Å². The number of hydrogen-bond acceptors (Lipinski definition) is 2. The van der Waals surface area contributed by atoms with Crippen LogP contribution in [0.25, 0.3) is 10.8 Å². The lowest BCUT2D eigenvalue weighted by atomic mass is 10.00. The minimum atomic E-state index is -0.718. The van der Waals surface area contributed by atoms with Gasteiger partial charge in [0.25, 0.3) is 0 Å². The third-order valence-electron chi connectivity index (χ3n) is 4.54. The number of fused-ring (bicyclic) bond motifs is 1. The Morgan fingerprint density at radius 2 is 1.65 bits per heavy atom. The average molecular weight is 346 g/mol. The molecule has 0 unspecified atom stereocenters. The SMILES string of the molecule is Cc1ccccc1C[C@@H](NC(=O)Cc1ccc2ccccc2c1)C(N)=O. The number of carbonyl (C=O) groups is 2. The van der Waals surface area contributed by atoms with Crippen molar-refractivity contribution in [3.05, 3.63) is 83.4 Å². The second-order valence-corrected chi connectivity index (χ2v) is 6.51. The molecule has 0 fully saturated rings. The third kappa shape index (κ3) is 4.28. The van der Waals surface area contributed by atoms with Gasteiger partial charge in [-0.25, -0.2) is 0 Å². The Balaban J connectivity index is 1.69. The van der Waals surface area contributed by atoms with E-state index in [2.05, 4.69) is 5.32 Å². The monoisotopic (exact) mass is 346 g/mol. The lowest BCUT2D eigenvalue weighted by Gasteiger charge is -2.17. The highest BCUT2D eigenvalue weighted by Crippen LogP contribution is 2.16. The first-order chi connectivity index (χ1) is 12.5. The molecule has 3 N–H and O–H groups in total. The van der Waals surface area contributed by atoms with Crippen LogP contribution in [0, 0.1) is 6.92 Å². The molecule has 0 aliphatic rings. The number of aryl methyl sites for hydroxylation is 1. The van der Waals surface area contributed by atoms with E-state index in [0.29, 0.717) is 6.42 Å². The second kappa shape index (κ2) is 7.83. The van der Waals surface area contributed by atoms with Crippen molar-refractivity contribution in [2.75, 3.05) is 0 Å². The Labute approximate surface area is 153 Å². The number of amides is 2. The largest absolute Gasteiger partial charge is 0.368 e. The van der Waals surface area contributed by atoms with Crippen molar-refractivity contribution in [2.45, 2.75) is 25.8 Å². The Hall–Kier alpha value is -3.14. The van der Waals surface area contributed by atoms with Crippen molar-refractivity contribution in [2.24, 2.45) is 5.73 Å². The molecule has 1 atom stereocenters. The normalized spacial score (nSPS) is 11.9. The van der Waals surface area contributed by atoms with Crippen LogP contribution in [0.15, 0.2) is 66.7 Å². The van der Waals surface area contributed by atoms with Gasteiger partial charge in [0.2, 0.25) is 11.8 Å². The lowest BCUT2D eigenvalue weighted by molar-refractivity contribution is -0.127. The van der Waals surface area contributed by atoms with Crippen LogP contribution in [-0.4, -0.2) is 17.9 Å². The molecule has 0 heterocycles. The Kier molecular flexibility index (Phi) is 5.32. The van der Waals surface area contributed by atoms with E-state index in [4.69, 9.17) is 5.73 Å². The summed E-state index contributed by atoms with van der Waals surface area (Å²) in [5, 5.41) is 4.99. The molecule has 2 amide bonds. The Morgan fingerprint density at radius 3 is 2.38 bits per heavy atom. The van der Waals surface area contributed by atoms with E-state index in [9.17, 15) is 9.59 Å². The number of nitrogens with one attached hydrogen (secondary N) is 1. The molecule has 3 rings (SSSR count). The summed E-state index contributed by atoms with van der Waals surface area (Å²) >= 11 is 0. The molecule has 4 nitrogen and oxygen atoms in total. The van der Waals surface area contributed by atoms with Crippen LogP contribution in [-0.2, 0) is 22.4 Å². The van der Waals surface area contributed by atoms with Crippen LogP contribution < -0.4 is 11.1 Å². The fourth-order valence-electron chi connectivity index (χ4n) is 3.06. The van der Waals surface area contributed by atoms with E-state index in [1.165, 1.54) is 0 Å². The van der Waals surface area contributed by atoms with Gasteiger partial charge in [0, 0.05) is 6.42 Å². The fraction of sp³-hybridized carbons (Fsp3) is 0.182. The number of hydrogen-bond donors (Lipinski definition) is 2. The predicted molar refractivity (Wildman–Crippen MR) is 104 cm³/mol. The smallest absolute Gasteiger partial charge is 0.240 e. The zero-order valence-electron chi connectivity index (χ0n) is 14.7. The molecular formula is C22H22N2O2. The van der Waals surface area contributed by atoms with Crippen LogP contribution in [0.5, 0.6) is 0 Å². The van der Waals surface area contributed by atoms with Crippen molar-refractivity contribution in [1.82, 2.24) is 5.32 Å². The molecule has 0 aliphatic heterocycles. The topological polar surface area (TPSA) is 72.2 Å². The minimum absolute atomic E-state index is 0.210. The van der Waals surface area contributed by atoms with Crippen LogP contribution in [0.1, 0.15) is 16.7 Å². The zero-order valence-corrected chi connectivity index (χ0v) is 14.7. The molecule has 0 radical (unpaired) electrons. The summed E-state index contributed by atoms with van der Waals surface area (Å²) in [6, 6.07) is 21.0. The van der Waals surface area contributed by atoms with Gasteiger partial charge in [-0.05, 0) is 34.4 Å². The molecule has 0 aromatic heterocycles. The summed E-state index contributed by atoms with van der Waals surface area (Å²) in [5.41, 5.74) is 8.47. The summed E-state index contributed by atoms with van der Waals surface area (Å²) in [7, 11) is 0. The number of primary amides is 1. The molecule has 26 heavy (non-hydrogen) atoms. The first kappa shape index (κ1) is 17.7. The molecule has 4 heteroatoms. The number of carbonyl (C=O) groups excluding carboxylic acids is 2. The minimum Gasteiger partial charge on any atom is -0.368 e. The standard InChI is InChI=1S/C22H22N2O2/c1-15-6-2-3-8-18(15)14-20(22(23)26)24-21(25)13-16-10-11-17-7-4-5-9-19(17)12-16/h2-12,20H,13-14H2,1H3,(H2,23,26)(H,24,25)/t20-/m1/s1. The van der Waals surface area contributed by atoms with Crippen LogP contribution in [0.2, 0.25) is 0 Å². The maximum atomic E-state index is 12.4. The summed E-state index contributed by atoms with van der Waals surface area (Å²) in [6.07, 6.45) is 0.605. The van der Waals surface area contributed by atoms with Crippen molar-refractivity contribution < 1.29 is 9.59 Å². The van der Waals surface area contributed by atoms with Gasteiger partial charge in [-0.3, -0.25) is 9.59 Å². The molecule has 0 saturated heterocycles. The van der Waals surface area contributed by atoms with Gasteiger partial charge in [-0.1, -0.05) is 66.7 Å². The van der Waals surface area contributed by atoms with E-state index >= 15 is 0 Å². The van der Waals surface area contributed by atoms with Gasteiger partial charge in [0.05, 0.1) is 6.42 Å². The zero-order chi connectivity index (χ0) is 18.5. The van der Waals surface area contributed by atoms with E-state index in [0.717, 1.165) is 27.5 Å².